The van der Waals surface area contributed by atoms with Crippen molar-refractivity contribution in [2.75, 3.05) is 13.1 Å². The van der Waals surface area contributed by atoms with Crippen molar-refractivity contribution in [3.63, 3.8) is 0 Å². The first-order chi connectivity index (χ1) is 14.2. The fourth-order valence-corrected chi connectivity index (χ4v) is 3.53. The van der Waals surface area contributed by atoms with Crippen LogP contribution in [0.15, 0.2) is 41.4 Å². The molecule has 1 amide bonds. The summed E-state index contributed by atoms with van der Waals surface area (Å²) in [6, 6.07) is 5.12. The number of alkyl halides is 3. The van der Waals surface area contributed by atoms with E-state index >= 15 is 0 Å². The van der Waals surface area contributed by atoms with Crippen LogP contribution in [0.4, 0.5) is 13.2 Å². The number of nitrogens with one attached hydrogen (secondary N) is 1. The summed E-state index contributed by atoms with van der Waals surface area (Å²) in [5.41, 5.74) is 0.379. The number of benzene rings is 1. The van der Waals surface area contributed by atoms with Crippen LogP contribution < -0.4 is 10.1 Å². The van der Waals surface area contributed by atoms with Crippen molar-refractivity contribution in [2.45, 2.75) is 37.8 Å². The minimum Gasteiger partial charge on any atom is -0.481 e. The predicted molar refractivity (Wildman–Crippen MR) is 102 cm³/mol. The molecule has 0 aliphatic carbocycles. The molecule has 162 valence electrons. The summed E-state index contributed by atoms with van der Waals surface area (Å²) in [6.45, 7) is 1.22. The number of aliphatic imine (C=N–C) groups is 1. The number of carbonyl (C=O) groups excluding carboxylic acids is 1. The van der Waals surface area contributed by atoms with Crippen LogP contribution in [0.3, 0.4) is 0 Å². The topological polar surface area (TPSA) is 91.2 Å². The van der Waals surface area contributed by atoms with E-state index in [1.807, 2.05) is 11.0 Å². The van der Waals surface area contributed by atoms with Gasteiger partial charge in [0, 0.05) is 12.8 Å². The van der Waals surface area contributed by atoms with Crippen LogP contribution in [0.5, 0.6) is 5.75 Å². The van der Waals surface area contributed by atoms with Gasteiger partial charge in [0.1, 0.15) is 11.9 Å². The molecule has 1 saturated heterocycles. The molecule has 30 heavy (non-hydrogen) atoms. The third kappa shape index (κ3) is 6.31. The van der Waals surface area contributed by atoms with Crippen LogP contribution in [0.1, 0.15) is 18.4 Å². The minimum atomic E-state index is -4.79. The van der Waals surface area contributed by atoms with Crippen molar-refractivity contribution >= 4 is 18.1 Å². The standard InChI is InChI=1S/C20H22F3N3O4/c21-20(22,23)30-16-5-1-3-13(9-16)10-18(27)25-17-7-6-15(11-24-17)26-8-2-4-14(12-26)19(28)29/h1,3,5-7,9,11,14-15,17H,2,4,8,10,12H2,(H,25,27)(H,28,29). The lowest BCUT2D eigenvalue weighted by molar-refractivity contribution is -0.274. The van der Waals surface area contributed by atoms with E-state index in [2.05, 4.69) is 15.0 Å². The van der Waals surface area contributed by atoms with E-state index in [0.717, 1.165) is 19.0 Å². The quantitative estimate of drug-likeness (QED) is 0.683. The summed E-state index contributed by atoms with van der Waals surface area (Å²) in [4.78, 5) is 29.8. The molecule has 0 aromatic heterocycles. The van der Waals surface area contributed by atoms with Crippen LogP contribution in [-0.2, 0) is 16.0 Å². The van der Waals surface area contributed by atoms with Gasteiger partial charge in [-0.15, -0.1) is 13.2 Å². The molecule has 2 aliphatic rings. The molecule has 2 aliphatic heterocycles. The summed E-state index contributed by atoms with van der Waals surface area (Å²) < 4.78 is 40.8. The Balaban J connectivity index is 1.50. The average Bonchev–Trinajstić information content (AvgIpc) is 2.67. The molecule has 3 atom stereocenters. The van der Waals surface area contributed by atoms with E-state index in [0.29, 0.717) is 18.5 Å². The Morgan fingerprint density at radius 2 is 2.10 bits per heavy atom. The maximum atomic E-state index is 12.3. The molecule has 1 aromatic carbocycles. The highest BCUT2D eigenvalue weighted by Crippen LogP contribution is 2.23. The summed E-state index contributed by atoms with van der Waals surface area (Å²) in [5.74, 6) is -1.97. The van der Waals surface area contributed by atoms with E-state index in [9.17, 15) is 27.9 Å². The number of carboxylic acids is 1. The van der Waals surface area contributed by atoms with E-state index < -0.39 is 30.3 Å². The molecule has 7 nitrogen and oxygen atoms in total. The van der Waals surface area contributed by atoms with E-state index in [1.54, 1.807) is 12.3 Å². The number of carbonyl (C=O) groups is 2. The molecule has 0 spiro atoms. The zero-order valence-electron chi connectivity index (χ0n) is 16.0. The van der Waals surface area contributed by atoms with Crippen LogP contribution >= 0.6 is 0 Å². The molecular weight excluding hydrogens is 403 g/mol. The first-order valence-corrected chi connectivity index (χ1v) is 9.52. The van der Waals surface area contributed by atoms with Gasteiger partial charge in [0.15, 0.2) is 0 Å². The van der Waals surface area contributed by atoms with E-state index in [1.165, 1.54) is 18.2 Å². The molecular formula is C20H22F3N3O4. The minimum absolute atomic E-state index is 0.120. The molecule has 2 N–H and O–H groups in total. The Bertz CT molecular complexity index is 827. The van der Waals surface area contributed by atoms with Crippen LogP contribution in [0.25, 0.3) is 0 Å². The number of carboxylic acid groups (broad SMARTS) is 1. The summed E-state index contributed by atoms with van der Waals surface area (Å²) in [5, 5.41) is 11.9. The summed E-state index contributed by atoms with van der Waals surface area (Å²) in [7, 11) is 0. The molecule has 3 unspecified atom stereocenters. The molecule has 0 bridgehead atoms. The maximum absolute atomic E-state index is 12.3. The first kappa shape index (κ1) is 21.8. The van der Waals surface area contributed by atoms with Crippen molar-refractivity contribution in [3.8, 4) is 5.75 Å². The van der Waals surface area contributed by atoms with E-state index in [-0.39, 0.29) is 18.2 Å². The third-order valence-electron chi connectivity index (χ3n) is 4.92. The van der Waals surface area contributed by atoms with Gasteiger partial charge >= 0.3 is 12.3 Å². The van der Waals surface area contributed by atoms with Gasteiger partial charge < -0.3 is 15.2 Å². The maximum Gasteiger partial charge on any atom is 0.573 e. The van der Waals surface area contributed by atoms with Crippen molar-refractivity contribution < 1.29 is 32.6 Å². The SMILES string of the molecule is O=C(Cc1cccc(OC(F)(F)F)c1)NC1C=CC(N2CCCC(C(=O)O)C2)C=N1. The van der Waals surface area contributed by atoms with Crippen molar-refractivity contribution in [3.05, 3.63) is 42.0 Å². The fourth-order valence-electron chi connectivity index (χ4n) is 3.53. The van der Waals surface area contributed by atoms with Gasteiger partial charge in [-0.25, -0.2) is 0 Å². The van der Waals surface area contributed by atoms with Crippen molar-refractivity contribution in [2.24, 2.45) is 10.9 Å². The molecule has 0 saturated carbocycles. The van der Waals surface area contributed by atoms with Gasteiger partial charge in [-0.05, 0) is 43.2 Å². The summed E-state index contributed by atoms with van der Waals surface area (Å²) >= 11 is 0. The zero-order chi connectivity index (χ0) is 21.7. The lowest BCUT2D eigenvalue weighted by Crippen LogP contribution is -2.46. The number of hydrogen-bond acceptors (Lipinski definition) is 5. The number of halogens is 3. The van der Waals surface area contributed by atoms with Gasteiger partial charge in [0.25, 0.3) is 0 Å². The van der Waals surface area contributed by atoms with Crippen LogP contribution in [-0.4, -0.2) is 59.8 Å². The number of dihydropyridines is 1. The van der Waals surface area contributed by atoms with Gasteiger partial charge in [0.05, 0.1) is 18.4 Å². The van der Waals surface area contributed by atoms with Gasteiger partial charge in [0.2, 0.25) is 5.91 Å². The molecule has 1 fully saturated rings. The van der Waals surface area contributed by atoms with Gasteiger partial charge in [-0.3, -0.25) is 19.5 Å². The Morgan fingerprint density at radius 1 is 1.30 bits per heavy atom. The first-order valence-electron chi connectivity index (χ1n) is 9.52. The Kier molecular flexibility index (Phi) is 6.76. The molecule has 0 radical (unpaired) electrons. The van der Waals surface area contributed by atoms with Crippen LogP contribution in [0.2, 0.25) is 0 Å². The third-order valence-corrected chi connectivity index (χ3v) is 4.92. The van der Waals surface area contributed by atoms with E-state index in [4.69, 9.17) is 0 Å². The number of ether oxygens (including phenoxy) is 1. The molecule has 1 aromatic rings. The number of piperidine rings is 1. The second-order valence-corrected chi connectivity index (χ2v) is 7.23. The molecule has 3 rings (SSSR count). The number of nitrogens with zero attached hydrogens (tertiary/aromatic N) is 2. The Morgan fingerprint density at radius 3 is 2.77 bits per heavy atom. The lowest BCUT2D eigenvalue weighted by atomic mass is 9.96. The van der Waals surface area contributed by atoms with Crippen molar-refractivity contribution in [1.29, 1.82) is 0 Å². The second-order valence-electron chi connectivity index (χ2n) is 7.23. The fraction of sp³-hybridized carbons (Fsp3) is 0.450. The summed E-state index contributed by atoms with van der Waals surface area (Å²) in [6.07, 6.45) is 1.22. The van der Waals surface area contributed by atoms with Gasteiger partial charge in [-0.1, -0.05) is 18.2 Å². The highest BCUT2D eigenvalue weighted by atomic mass is 19.4. The largest absolute Gasteiger partial charge is 0.573 e. The van der Waals surface area contributed by atoms with Gasteiger partial charge in [-0.2, -0.15) is 0 Å². The molecule has 2 heterocycles. The smallest absolute Gasteiger partial charge is 0.481 e. The number of amides is 1. The zero-order valence-corrected chi connectivity index (χ0v) is 16.0. The molecule has 10 heteroatoms. The second kappa shape index (κ2) is 9.29. The average molecular weight is 425 g/mol. The Hall–Kier alpha value is -2.88. The lowest BCUT2D eigenvalue weighted by Gasteiger charge is -2.35. The highest BCUT2D eigenvalue weighted by molar-refractivity contribution is 5.80. The number of rotatable bonds is 6. The normalized spacial score (nSPS) is 24.4. The number of hydrogen-bond donors (Lipinski definition) is 2. The number of likely N-dealkylation sites (tertiary alicyclic amines) is 1. The monoisotopic (exact) mass is 425 g/mol. The van der Waals surface area contributed by atoms with Crippen molar-refractivity contribution in [1.82, 2.24) is 10.2 Å². The highest BCUT2D eigenvalue weighted by Gasteiger charge is 2.31. The van der Waals surface area contributed by atoms with Crippen LogP contribution in [0, 0.1) is 5.92 Å². The number of aliphatic carboxylic acids is 1. The Labute approximate surface area is 171 Å². The predicted octanol–water partition coefficient (Wildman–Crippen LogP) is 2.38.